The smallest absolute Gasteiger partial charge is 0.253 e. The summed E-state index contributed by atoms with van der Waals surface area (Å²) in [6.45, 7) is 5.71. The van der Waals surface area contributed by atoms with E-state index in [2.05, 4.69) is 15.3 Å². The average Bonchev–Trinajstić information content (AvgIpc) is 2.27. The number of hydrogen-bond donors (Lipinski definition) is 1. The fraction of sp³-hybridized carbons (Fsp3) is 0.308. The number of pyridine rings is 2. The summed E-state index contributed by atoms with van der Waals surface area (Å²) < 4.78 is 0. The number of aryl methyl sites for hydroxylation is 1. The lowest BCUT2D eigenvalue weighted by atomic mass is 10.1. The first-order valence-corrected chi connectivity index (χ1v) is 5.60. The van der Waals surface area contributed by atoms with Crippen molar-refractivity contribution in [2.75, 3.05) is 0 Å². The third kappa shape index (κ3) is 2.41. The predicted molar refractivity (Wildman–Crippen MR) is 66.9 cm³/mol. The number of nitrogens with zero attached hydrogens (tertiary/aromatic N) is 2. The van der Waals surface area contributed by atoms with Crippen molar-refractivity contribution in [3.05, 3.63) is 35.8 Å². The van der Waals surface area contributed by atoms with E-state index < -0.39 is 0 Å². The molecule has 2 aromatic rings. The number of amides is 1. The van der Waals surface area contributed by atoms with Gasteiger partial charge in [0.15, 0.2) is 0 Å². The van der Waals surface area contributed by atoms with Crippen LogP contribution in [0.2, 0.25) is 0 Å². The van der Waals surface area contributed by atoms with Crippen molar-refractivity contribution in [1.29, 1.82) is 0 Å². The van der Waals surface area contributed by atoms with Crippen molar-refractivity contribution >= 4 is 16.8 Å². The van der Waals surface area contributed by atoms with Crippen LogP contribution < -0.4 is 5.32 Å². The van der Waals surface area contributed by atoms with E-state index in [1.807, 2.05) is 32.9 Å². The first kappa shape index (κ1) is 11.5. The molecule has 4 heteroatoms. The predicted octanol–water partition coefficient (Wildman–Crippen LogP) is 2.08. The van der Waals surface area contributed by atoms with Gasteiger partial charge in [-0.3, -0.25) is 14.8 Å². The summed E-state index contributed by atoms with van der Waals surface area (Å²) in [4.78, 5) is 20.4. The zero-order valence-electron chi connectivity index (χ0n) is 10.2. The lowest BCUT2D eigenvalue weighted by molar-refractivity contribution is 0.0942. The van der Waals surface area contributed by atoms with Gasteiger partial charge < -0.3 is 5.32 Å². The van der Waals surface area contributed by atoms with Gasteiger partial charge in [-0.1, -0.05) is 0 Å². The number of carbonyl (C=O) groups excluding carboxylic acids is 1. The minimum Gasteiger partial charge on any atom is -0.350 e. The van der Waals surface area contributed by atoms with Crippen molar-refractivity contribution in [2.45, 2.75) is 26.8 Å². The number of aromatic nitrogens is 2. The molecular formula is C13H15N3O. The number of rotatable bonds is 2. The van der Waals surface area contributed by atoms with E-state index in [0.29, 0.717) is 5.56 Å². The highest BCUT2D eigenvalue weighted by molar-refractivity contribution is 5.98. The van der Waals surface area contributed by atoms with Crippen LogP contribution in [-0.2, 0) is 0 Å². The maximum atomic E-state index is 11.9. The third-order valence-electron chi connectivity index (χ3n) is 2.47. The Morgan fingerprint density at radius 1 is 1.41 bits per heavy atom. The standard InChI is InChI=1S/C13H15N3O/c1-8(2)15-13(17)11-6-10-7-14-5-4-12(10)16-9(11)3/h4-8H,1-3H3,(H,15,17). The summed E-state index contributed by atoms with van der Waals surface area (Å²) in [5.74, 6) is -0.0873. The van der Waals surface area contributed by atoms with Gasteiger partial charge in [0.05, 0.1) is 16.8 Å². The molecule has 2 heterocycles. The summed E-state index contributed by atoms with van der Waals surface area (Å²) in [5.41, 5.74) is 2.21. The zero-order valence-corrected chi connectivity index (χ0v) is 10.2. The van der Waals surface area contributed by atoms with Crippen molar-refractivity contribution in [2.24, 2.45) is 0 Å². The summed E-state index contributed by atoms with van der Waals surface area (Å²) >= 11 is 0. The number of fused-ring (bicyclic) bond motifs is 1. The SMILES string of the molecule is Cc1nc2ccncc2cc1C(=O)NC(C)C. The van der Waals surface area contributed by atoms with Gasteiger partial charge in [0, 0.05) is 23.8 Å². The lowest BCUT2D eigenvalue weighted by Gasteiger charge is -2.10. The largest absolute Gasteiger partial charge is 0.350 e. The fourth-order valence-corrected chi connectivity index (χ4v) is 1.68. The van der Waals surface area contributed by atoms with Crippen LogP contribution in [0.25, 0.3) is 10.9 Å². The summed E-state index contributed by atoms with van der Waals surface area (Å²) in [7, 11) is 0. The van der Waals surface area contributed by atoms with Crippen LogP contribution in [0.1, 0.15) is 29.9 Å². The van der Waals surface area contributed by atoms with Crippen molar-refractivity contribution < 1.29 is 4.79 Å². The molecule has 0 aliphatic carbocycles. The third-order valence-corrected chi connectivity index (χ3v) is 2.47. The molecule has 0 aliphatic rings. The Kier molecular flexibility index (Phi) is 3.04. The molecule has 0 saturated carbocycles. The first-order valence-electron chi connectivity index (χ1n) is 5.60. The molecule has 17 heavy (non-hydrogen) atoms. The molecule has 2 aromatic heterocycles. The molecule has 0 unspecified atom stereocenters. The first-order chi connectivity index (χ1) is 8.08. The monoisotopic (exact) mass is 229 g/mol. The van der Waals surface area contributed by atoms with Gasteiger partial charge >= 0.3 is 0 Å². The maximum Gasteiger partial charge on any atom is 0.253 e. The molecule has 0 aliphatic heterocycles. The van der Waals surface area contributed by atoms with Crippen LogP contribution >= 0.6 is 0 Å². The second kappa shape index (κ2) is 4.49. The van der Waals surface area contributed by atoms with E-state index in [1.54, 1.807) is 12.4 Å². The van der Waals surface area contributed by atoms with Gasteiger partial charge in [-0.2, -0.15) is 0 Å². The number of carbonyl (C=O) groups is 1. The summed E-state index contributed by atoms with van der Waals surface area (Å²) in [6, 6.07) is 3.79. The molecule has 1 amide bonds. The molecule has 0 spiro atoms. The van der Waals surface area contributed by atoms with E-state index in [4.69, 9.17) is 0 Å². The average molecular weight is 229 g/mol. The molecule has 0 saturated heterocycles. The molecule has 2 rings (SSSR count). The molecular weight excluding hydrogens is 214 g/mol. The van der Waals surface area contributed by atoms with E-state index in [0.717, 1.165) is 16.6 Å². The Morgan fingerprint density at radius 2 is 2.18 bits per heavy atom. The van der Waals surface area contributed by atoms with Gasteiger partial charge in [-0.15, -0.1) is 0 Å². The zero-order chi connectivity index (χ0) is 12.4. The van der Waals surface area contributed by atoms with Crippen LogP contribution in [0.5, 0.6) is 0 Å². The van der Waals surface area contributed by atoms with Gasteiger partial charge in [-0.25, -0.2) is 0 Å². The Bertz CT molecular complexity index is 564. The Hall–Kier alpha value is -1.97. The second-order valence-corrected chi connectivity index (χ2v) is 4.32. The van der Waals surface area contributed by atoms with Crippen LogP contribution in [0.15, 0.2) is 24.5 Å². The normalized spacial score (nSPS) is 10.8. The Morgan fingerprint density at radius 3 is 2.88 bits per heavy atom. The number of nitrogens with one attached hydrogen (secondary N) is 1. The van der Waals surface area contributed by atoms with Crippen molar-refractivity contribution in [3.63, 3.8) is 0 Å². The van der Waals surface area contributed by atoms with Crippen LogP contribution in [0, 0.1) is 6.92 Å². The molecule has 0 radical (unpaired) electrons. The van der Waals surface area contributed by atoms with Gasteiger partial charge in [0.25, 0.3) is 5.91 Å². The topological polar surface area (TPSA) is 54.9 Å². The van der Waals surface area contributed by atoms with E-state index in [-0.39, 0.29) is 11.9 Å². The molecule has 0 fully saturated rings. The maximum absolute atomic E-state index is 11.9. The summed E-state index contributed by atoms with van der Waals surface area (Å²) in [6.07, 6.45) is 3.41. The quantitative estimate of drug-likeness (QED) is 0.857. The van der Waals surface area contributed by atoms with E-state index >= 15 is 0 Å². The van der Waals surface area contributed by atoms with E-state index in [9.17, 15) is 4.79 Å². The molecule has 0 atom stereocenters. The number of hydrogen-bond acceptors (Lipinski definition) is 3. The van der Waals surface area contributed by atoms with Crippen LogP contribution in [0.3, 0.4) is 0 Å². The van der Waals surface area contributed by atoms with Gasteiger partial charge in [-0.05, 0) is 32.9 Å². The van der Waals surface area contributed by atoms with Crippen LogP contribution in [-0.4, -0.2) is 21.9 Å². The lowest BCUT2D eigenvalue weighted by Crippen LogP contribution is -2.30. The summed E-state index contributed by atoms with van der Waals surface area (Å²) in [5, 5.41) is 3.75. The van der Waals surface area contributed by atoms with Crippen molar-refractivity contribution in [1.82, 2.24) is 15.3 Å². The highest BCUT2D eigenvalue weighted by Gasteiger charge is 2.12. The minimum atomic E-state index is -0.0873. The molecule has 88 valence electrons. The Labute approximate surface area is 100 Å². The Balaban J connectivity index is 2.47. The fourth-order valence-electron chi connectivity index (χ4n) is 1.68. The minimum absolute atomic E-state index is 0.0873. The van der Waals surface area contributed by atoms with Gasteiger partial charge in [0.2, 0.25) is 0 Å². The second-order valence-electron chi connectivity index (χ2n) is 4.32. The van der Waals surface area contributed by atoms with Gasteiger partial charge in [0.1, 0.15) is 0 Å². The molecule has 0 bridgehead atoms. The van der Waals surface area contributed by atoms with Crippen molar-refractivity contribution in [3.8, 4) is 0 Å². The van der Waals surface area contributed by atoms with Crippen LogP contribution in [0.4, 0.5) is 0 Å². The molecule has 4 nitrogen and oxygen atoms in total. The highest BCUT2D eigenvalue weighted by atomic mass is 16.1. The molecule has 0 aromatic carbocycles. The molecule has 1 N–H and O–H groups in total. The highest BCUT2D eigenvalue weighted by Crippen LogP contribution is 2.15. The van der Waals surface area contributed by atoms with E-state index in [1.165, 1.54) is 0 Å².